The smallest absolute Gasteiger partial charge is 0.276 e. The summed E-state index contributed by atoms with van der Waals surface area (Å²) in [7, 11) is 4.31. The van der Waals surface area contributed by atoms with Crippen molar-refractivity contribution >= 4 is 57.4 Å². The van der Waals surface area contributed by atoms with Gasteiger partial charge < -0.3 is 25.7 Å². The molecule has 1 saturated heterocycles. The molecule has 27 heavy (non-hydrogen) atoms. The minimum Gasteiger partial charge on any atom is -0.398 e. The fraction of sp³-hybridized carbons (Fsp3) is 0.429. The lowest BCUT2D eigenvalue weighted by molar-refractivity contribution is -0.145. The van der Waals surface area contributed by atoms with Crippen molar-refractivity contribution in [3.8, 4) is 0 Å². The highest BCUT2D eigenvalue weighted by Gasteiger charge is 2.46. The number of alkyl halides is 1. The van der Waals surface area contributed by atoms with Gasteiger partial charge in [-0.3, -0.25) is 19.2 Å². The molecule has 11 nitrogen and oxygen atoms in total. The van der Waals surface area contributed by atoms with Crippen molar-refractivity contribution in [2.24, 2.45) is 5.16 Å². The van der Waals surface area contributed by atoms with Gasteiger partial charge in [0.25, 0.3) is 5.91 Å². The van der Waals surface area contributed by atoms with Gasteiger partial charge >= 0.3 is 0 Å². The van der Waals surface area contributed by atoms with E-state index in [0.29, 0.717) is 0 Å². The number of carbonyl (C=O) groups excluding carboxylic acids is 4. The molecule has 1 aliphatic heterocycles. The number of nitrogens with one attached hydrogen (secondary N) is 3. The van der Waals surface area contributed by atoms with Crippen LogP contribution in [0.4, 0.5) is 5.13 Å². The molecule has 146 valence electrons. The lowest BCUT2D eigenvalue weighted by Gasteiger charge is -2.37. The summed E-state index contributed by atoms with van der Waals surface area (Å²) in [5.74, 6) is -2.30. The molecule has 2 rings (SSSR count). The molecule has 1 aromatic heterocycles. The number of likely N-dealkylation sites (N-methyl/N-ethyl adjacent to an activating group) is 1. The van der Waals surface area contributed by atoms with Crippen LogP contribution in [-0.4, -0.2) is 78.4 Å². The van der Waals surface area contributed by atoms with Crippen LogP contribution in [0, 0.1) is 0 Å². The average molecular weight is 417 g/mol. The molecule has 0 bridgehead atoms. The second kappa shape index (κ2) is 8.77. The van der Waals surface area contributed by atoms with E-state index < -0.39 is 29.8 Å². The van der Waals surface area contributed by atoms with Crippen molar-refractivity contribution in [2.45, 2.75) is 12.1 Å². The quantitative estimate of drug-likeness (QED) is 0.219. The number of rotatable bonds is 7. The Morgan fingerprint density at radius 2 is 2.15 bits per heavy atom. The summed E-state index contributed by atoms with van der Waals surface area (Å²) in [6.07, 6.45) is 0. The van der Waals surface area contributed by atoms with E-state index in [2.05, 4.69) is 30.9 Å². The van der Waals surface area contributed by atoms with Crippen LogP contribution in [0.25, 0.3) is 0 Å². The Labute approximate surface area is 163 Å². The van der Waals surface area contributed by atoms with Gasteiger partial charge in [-0.25, -0.2) is 4.98 Å². The Bertz CT molecular complexity index is 795. The van der Waals surface area contributed by atoms with E-state index >= 15 is 0 Å². The third-order valence-corrected chi connectivity index (χ3v) is 4.42. The van der Waals surface area contributed by atoms with Crippen molar-refractivity contribution in [3.63, 3.8) is 0 Å². The number of hydrogen-bond donors (Lipinski definition) is 3. The number of halogens is 1. The highest BCUT2D eigenvalue weighted by Crippen LogP contribution is 2.17. The van der Waals surface area contributed by atoms with E-state index in [0.717, 1.165) is 11.3 Å². The van der Waals surface area contributed by atoms with Crippen molar-refractivity contribution in [1.82, 2.24) is 20.5 Å². The number of anilines is 1. The second-order valence-electron chi connectivity index (χ2n) is 5.51. The number of β-lactam (4-membered cyclic amide) rings is 1. The highest BCUT2D eigenvalue weighted by atomic mass is 35.5. The van der Waals surface area contributed by atoms with Crippen LogP contribution in [0.15, 0.2) is 10.5 Å². The van der Waals surface area contributed by atoms with Crippen LogP contribution in [0.2, 0.25) is 0 Å². The molecule has 1 aliphatic rings. The molecular formula is C14H17ClN6O5S. The van der Waals surface area contributed by atoms with Crippen molar-refractivity contribution in [3.05, 3.63) is 11.1 Å². The minimum absolute atomic E-state index is 0.124. The van der Waals surface area contributed by atoms with Crippen molar-refractivity contribution < 1.29 is 24.0 Å². The van der Waals surface area contributed by atoms with E-state index in [4.69, 9.17) is 11.6 Å². The normalized spacial score (nSPS) is 18.8. The van der Waals surface area contributed by atoms with Gasteiger partial charge in [-0.15, -0.1) is 22.9 Å². The molecule has 3 N–H and O–H groups in total. The van der Waals surface area contributed by atoms with Crippen LogP contribution in [0.1, 0.15) is 5.69 Å². The maximum Gasteiger partial charge on any atom is 0.276 e. The third kappa shape index (κ3) is 4.71. The SMILES string of the molecule is CON=C(C(=O)N[C@H]1C(=O)N[C@H]1C(=O)N(C)C)c1csc(NC(=O)CCl)n1. The number of hydrogen-bond acceptors (Lipinski definition) is 8. The zero-order valence-corrected chi connectivity index (χ0v) is 16.2. The maximum atomic E-state index is 12.5. The highest BCUT2D eigenvalue weighted by molar-refractivity contribution is 7.14. The fourth-order valence-electron chi connectivity index (χ4n) is 2.11. The molecule has 0 saturated carbocycles. The fourth-order valence-corrected chi connectivity index (χ4v) is 2.89. The van der Waals surface area contributed by atoms with E-state index in [9.17, 15) is 19.2 Å². The van der Waals surface area contributed by atoms with Gasteiger partial charge in [-0.05, 0) is 0 Å². The first-order chi connectivity index (χ1) is 12.8. The van der Waals surface area contributed by atoms with E-state index in [1.54, 1.807) is 0 Å². The zero-order valence-electron chi connectivity index (χ0n) is 14.6. The molecule has 0 radical (unpaired) electrons. The third-order valence-electron chi connectivity index (χ3n) is 3.42. The Morgan fingerprint density at radius 1 is 1.44 bits per heavy atom. The maximum absolute atomic E-state index is 12.5. The van der Waals surface area contributed by atoms with Crippen molar-refractivity contribution in [1.29, 1.82) is 0 Å². The number of nitrogens with zero attached hydrogens (tertiary/aromatic N) is 3. The molecule has 2 heterocycles. The van der Waals surface area contributed by atoms with Crippen LogP contribution in [0.3, 0.4) is 0 Å². The molecule has 13 heteroatoms. The second-order valence-corrected chi connectivity index (χ2v) is 6.64. The summed E-state index contributed by atoms with van der Waals surface area (Å²) in [5.41, 5.74) is -0.0877. The summed E-state index contributed by atoms with van der Waals surface area (Å²) >= 11 is 6.47. The first-order valence-electron chi connectivity index (χ1n) is 7.53. The van der Waals surface area contributed by atoms with Crippen LogP contribution < -0.4 is 16.0 Å². The van der Waals surface area contributed by atoms with Gasteiger partial charge in [0.2, 0.25) is 17.7 Å². The summed E-state index contributed by atoms with van der Waals surface area (Å²) in [5, 5.41) is 12.6. The number of aromatic nitrogens is 1. The predicted octanol–water partition coefficient (Wildman–Crippen LogP) is -1.26. The van der Waals surface area contributed by atoms with Gasteiger partial charge in [0.15, 0.2) is 10.8 Å². The monoisotopic (exact) mass is 416 g/mol. The summed E-state index contributed by atoms with van der Waals surface area (Å²) in [6, 6.07) is -1.90. The minimum atomic E-state index is -1.04. The Hall–Kier alpha value is -2.73. The van der Waals surface area contributed by atoms with Crippen molar-refractivity contribution in [2.75, 3.05) is 32.4 Å². The molecule has 1 aromatic rings. The molecule has 2 atom stereocenters. The Balaban J connectivity index is 2.14. The summed E-state index contributed by atoms with van der Waals surface area (Å²) in [6.45, 7) is 0. The van der Waals surface area contributed by atoms with E-state index in [-0.39, 0.29) is 28.3 Å². The Kier molecular flexibility index (Phi) is 6.69. The summed E-state index contributed by atoms with van der Waals surface area (Å²) in [4.78, 5) is 57.6. The number of thiazole rings is 1. The van der Waals surface area contributed by atoms with Crippen LogP contribution in [0.5, 0.6) is 0 Å². The lowest BCUT2D eigenvalue weighted by Crippen LogP contribution is -2.73. The number of carbonyl (C=O) groups is 4. The standard InChI is InChI=1S/C14H17ClN6O5S/c1-21(2)13(25)10-9(12(24)19-10)18-11(23)8(20-26-3)6-5-27-14(16-6)17-7(22)4-15/h5,9-10H,4H2,1-3H3,(H,18,23)(H,19,24)(H,16,17,22)/t9-,10-/m1/s1. The molecule has 0 spiro atoms. The van der Waals surface area contributed by atoms with Gasteiger partial charge in [0.1, 0.15) is 30.8 Å². The molecule has 0 aliphatic carbocycles. The molecule has 4 amide bonds. The molecule has 1 fully saturated rings. The van der Waals surface area contributed by atoms with Gasteiger partial charge in [0, 0.05) is 19.5 Å². The van der Waals surface area contributed by atoms with Gasteiger partial charge in [-0.2, -0.15) is 0 Å². The lowest BCUT2D eigenvalue weighted by atomic mass is 9.97. The van der Waals surface area contributed by atoms with Gasteiger partial charge in [-0.1, -0.05) is 5.16 Å². The van der Waals surface area contributed by atoms with Crippen LogP contribution in [-0.2, 0) is 24.0 Å². The zero-order chi connectivity index (χ0) is 20.1. The topological polar surface area (TPSA) is 142 Å². The first-order valence-corrected chi connectivity index (χ1v) is 8.95. The van der Waals surface area contributed by atoms with Gasteiger partial charge in [0.05, 0.1) is 0 Å². The van der Waals surface area contributed by atoms with Crippen LogP contribution >= 0.6 is 22.9 Å². The van der Waals surface area contributed by atoms with E-state index in [1.807, 2.05) is 0 Å². The number of amides is 4. The summed E-state index contributed by atoms with van der Waals surface area (Å²) < 4.78 is 0. The number of oxime groups is 1. The largest absolute Gasteiger partial charge is 0.398 e. The molecular weight excluding hydrogens is 400 g/mol. The Morgan fingerprint density at radius 3 is 2.70 bits per heavy atom. The molecule has 0 aromatic carbocycles. The van der Waals surface area contributed by atoms with E-state index in [1.165, 1.54) is 31.5 Å². The average Bonchev–Trinajstić information content (AvgIpc) is 3.08. The predicted molar refractivity (Wildman–Crippen MR) is 97.6 cm³/mol. The first kappa shape index (κ1) is 20.6. The molecule has 0 unspecified atom stereocenters.